The molecule has 19 heavy (non-hydrogen) atoms. The van der Waals surface area contributed by atoms with Gasteiger partial charge in [-0.3, -0.25) is 0 Å². The predicted molar refractivity (Wildman–Crippen MR) is 76.9 cm³/mol. The molecular formula is C14H18O4S. The van der Waals surface area contributed by atoms with Crippen LogP contribution in [0.2, 0.25) is 0 Å². The van der Waals surface area contributed by atoms with Gasteiger partial charge in [0.2, 0.25) is 0 Å². The van der Waals surface area contributed by atoms with E-state index in [-0.39, 0.29) is 0 Å². The van der Waals surface area contributed by atoms with Crippen LogP contribution in [0.1, 0.15) is 23.7 Å². The third-order valence-electron chi connectivity index (χ3n) is 2.68. The lowest BCUT2D eigenvalue weighted by molar-refractivity contribution is -0.134. The fourth-order valence-corrected chi connectivity index (χ4v) is 1.81. The van der Waals surface area contributed by atoms with Crippen LogP contribution in [0.15, 0.2) is 30.3 Å². The van der Waals surface area contributed by atoms with Crippen molar-refractivity contribution in [2.45, 2.75) is 18.6 Å². The molecule has 104 valence electrons. The Morgan fingerprint density at radius 1 is 1.37 bits per heavy atom. The highest BCUT2D eigenvalue weighted by atomic mass is 32.1. The molecule has 1 rings (SSSR count). The van der Waals surface area contributed by atoms with E-state index in [1.165, 1.54) is 13.2 Å². The van der Waals surface area contributed by atoms with Crippen LogP contribution in [-0.4, -0.2) is 35.1 Å². The Hall–Kier alpha value is -1.30. The number of methoxy groups -OCH3 is 1. The van der Waals surface area contributed by atoms with E-state index in [0.717, 1.165) is 5.56 Å². The van der Waals surface area contributed by atoms with E-state index < -0.39 is 18.2 Å². The molecule has 0 saturated heterocycles. The summed E-state index contributed by atoms with van der Waals surface area (Å²) in [6.07, 6.45) is 1.61. The maximum Gasteiger partial charge on any atom is 0.330 e. The minimum absolute atomic E-state index is 0.423. The summed E-state index contributed by atoms with van der Waals surface area (Å²) in [6.45, 7) is 0. The van der Waals surface area contributed by atoms with E-state index in [1.807, 2.05) is 0 Å². The Morgan fingerprint density at radius 2 is 2.00 bits per heavy atom. The Kier molecular flexibility index (Phi) is 6.62. The van der Waals surface area contributed by atoms with E-state index in [0.29, 0.717) is 17.7 Å². The first-order valence-electron chi connectivity index (χ1n) is 5.91. The molecule has 0 bridgehead atoms. The summed E-state index contributed by atoms with van der Waals surface area (Å²) in [5, 5.41) is 19.6. The average molecular weight is 282 g/mol. The van der Waals surface area contributed by atoms with Crippen molar-refractivity contribution in [2.75, 3.05) is 12.9 Å². The van der Waals surface area contributed by atoms with Crippen LogP contribution in [0.3, 0.4) is 0 Å². The minimum atomic E-state index is -0.925. The normalized spacial score (nSPS) is 14.3. The Bertz CT molecular complexity index is 428. The molecule has 0 spiro atoms. The maximum absolute atomic E-state index is 10.9. The number of hydrogen-bond donors (Lipinski definition) is 3. The van der Waals surface area contributed by atoms with Crippen molar-refractivity contribution < 1.29 is 19.7 Å². The number of aliphatic hydroxyl groups excluding tert-OH is 2. The SMILES string of the molecule is COC(=O)/C=C/c1ccc(C(O)C(O)CCS)cc1. The van der Waals surface area contributed by atoms with Gasteiger partial charge in [-0.25, -0.2) is 4.79 Å². The number of benzene rings is 1. The number of ether oxygens (including phenoxy) is 1. The molecule has 2 atom stereocenters. The molecule has 0 aliphatic carbocycles. The van der Waals surface area contributed by atoms with Gasteiger partial charge < -0.3 is 14.9 Å². The molecular weight excluding hydrogens is 264 g/mol. The molecule has 5 heteroatoms. The lowest BCUT2D eigenvalue weighted by Crippen LogP contribution is -2.18. The quantitative estimate of drug-likeness (QED) is 0.421. The maximum atomic E-state index is 10.9. The van der Waals surface area contributed by atoms with Gasteiger partial charge in [0.05, 0.1) is 13.2 Å². The van der Waals surface area contributed by atoms with Gasteiger partial charge >= 0.3 is 5.97 Å². The van der Waals surface area contributed by atoms with E-state index in [4.69, 9.17) is 0 Å². The minimum Gasteiger partial charge on any atom is -0.466 e. The van der Waals surface area contributed by atoms with E-state index in [1.54, 1.807) is 30.3 Å². The van der Waals surface area contributed by atoms with E-state index in [9.17, 15) is 15.0 Å². The van der Waals surface area contributed by atoms with Crippen molar-refractivity contribution in [3.63, 3.8) is 0 Å². The fourth-order valence-electron chi connectivity index (χ4n) is 1.55. The summed E-state index contributed by atoms with van der Waals surface area (Å²) in [4.78, 5) is 10.9. The second kappa shape index (κ2) is 7.99. The topological polar surface area (TPSA) is 66.8 Å². The monoisotopic (exact) mass is 282 g/mol. The predicted octanol–water partition coefficient (Wildman–Crippen LogP) is 1.59. The van der Waals surface area contributed by atoms with Crippen LogP contribution in [0.5, 0.6) is 0 Å². The molecule has 0 fully saturated rings. The molecule has 1 aromatic rings. The molecule has 0 radical (unpaired) electrons. The van der Waals surface area contributed by atoms with Crippen LogP contribution in [0.25, 0.3) is 6.08 Å². The molecule has 0 saturated carbocycles. The molecule has 1 aromatic carbocycles. The third kappa shape index (κ3) is 5.06. The van der Waals surface area contributed by atoms with Crippen LogP contribution in [-0.2, 0) is 9.53 Å². The number of thiol groups is 1. The molecule has 4 nitrogen and oxygen atoms in total. The highest BCUT2D eigenvalue weighted by molar-refractivity contribution is 7.80. The third-order valence-corrected chi connectivity index (χ3v) is 2.94. The van der Waals surface area contributed by atoms with Crippen molar-refractivity contribution >= 4 is 24.7 Å². The van der Waals surface area contributed by atoms with Gasteiger partial charge in [0.1, 0.15) is 6.10 Å². The van der Waals surface area contributed by atoms with Crippen molar-refractivity contribution in [3.8, 4) is 0 Å². The zero-order valence-electron chi connectivity index (χ0n) is 10.7. The number of aliphatic hydroxyl groups is 2. The molecule has 0 heterocycles. The van der Waals surface area contributed by atoms with Crippen LogP contribution < -0.4 is 0 Å². The Balaban J connectivity index is 2.70. The standard InChI is InChI=1S/C14H18O4S/c1-18-13(16)7-4-10-2-5-11(6-3-10)14(17)12(15)8-9-19/h2-7,12,14-15,17,19H,8-9H2,1H3/b7-4+. The lowest BCUT2D eigenvalue weighted by Gasteiger charge is -2.17. The van der Waals surface area contributed by atoms with Gasteiger partial charge in [-0.15, -0.1) is 0 Å². The second-order valence-corrected chi connectivity index (χ2v) is 4.49. The van der Waals surface area contributed by atoms with Crippen LogP contribution in [0, 0.1) is 0 Å². The highest BCUT2D eigenvalue weighted by Crippen LogP contribution is 2.20. The molecule has 2 unspecified atom stereocenters. The second-order valence-electron chi connectivity index (χ2n) is 4.05. The highest BCUT2D eigenvalue weighted by Gasteiger charge is 2.16. The van der Waals surface area contributed by atoms with Crippen LogP contribution >= 0.6 is 12.6 Å². The average Bonchev–Trinajstić information content (AvgIpc) is 2.44. The summed E-state index contributed by atoms with van der Waals surface area (Å²) in [6, 6.07) is 6.93. The fraction of sp³-hybridized carbons (Fsp3) is 0.357. The molecule has 0 aromatic heterocycles. The number of carbonyl (C=O) groups is 1. The molecule has 2 N–H and O–H groups in total. The van der Waals surface area contributed by atoms with E-state index in [2.05, 4.69) is 17.4 Å². The zero-order valence-corrected chi connectivity index (χ0v) is 11.6. The summed E-state index contributed by atoms with van der Waals surface area (Å²) >= 11 is 4.02. The Labute approximate surface area is 118 Å². The zero-order chi connectivity index (χ0) is 14.3. The smallest absolute Gasteiger partial charge is 0.330 e. The number of rotatable bonds is 6. The first-order chi connectivity index (χ1) is 9.08. The number of hydrogen-bond acceptors (Lipinski definition) is 5. The van der Waals surface area contributed by atoms with Gasteiger partial charge in [-0.1, -0.05) is 24.3 Å². The van der Waals surface area contributed by atoms with Crippen molar-refractivity contribution in [3.05, 3.63) is 41.5 Å². The summed E-state index contributed by atoms with van der Waals surface area (Å²) in [5.41, 5.74) is 1.44. The van der Waals surface area contributed by atoms with Crippen molar-refractivity contribution in [2.24, 2.45) is 0 Å². The first kappa shape index (κ1) is 15.8. The summed E-state index contributed by atoms with van der Waals surface area (Å²) < 4.78 is 4.49. The molecule has 0 aliphatic heterocycles. The number of carbonyl (C=O) groups excluding carboxylic acids is 1. The summed E-state index contributed by atoms with van der Waals surface area (Å²) in [7, 11) is 1.31. The van der Waals surface area contributed by atoms with Gasteiger partial charge in [0.15, 0.2) is 0 Å². The van der Waals surface area contributed by atoms with Gasteiger partial charge in [0.25, 0.3) is 0 Å². The van der Waals surface area contributed by atoms with Gasteiger partial charge in [-0.05, 0) is 29.4 Å². The molecule has 0 aliphatic rings. The molecule has 0 amide bonds. The van der Waals surface area contributed by atoms with Gasteiger partial charge in [0, 0.05) is 6.08 Å². The van der Waals surface area contributed by atoms with Crippen molar-refractivity contribution in [1.29, 1.82) is 0 Å². The lowest BCUT2D eigenvalue weighted by atomic mass is 10.0. The Morgan fingerprint density at radius 3 is 2.53 bits per heavy atom. The van der Waals surface area contributed by atoms with Crippen molar-refractivity contribution in [1.82, 2.24) is 0 Å². The largest absolute Gasteiger partial charge is 0.466 e. The van der Waals surface area contributed by atoms with Crippen LogP contribution in [0.4, 0.5) is 0 Å². The summed E-state index contributed by atoms with van der Waals surface area (Å²) in [5.74, 6) is 0.0892. The number of esters is 1. The van der Waals surface area contributed by atoms with Gasteiger partial charge in [-0.2, -0.15) is 12.6 Å². The first-order valence-corrected chi connectivity index (χ1v) is 6.54. The van der Waals surface area contributed by atoms with E-state index >= 15 is 0 Å².